The number of phenols is 1. The van der Waals surface area contributed by atoms with Gasteiger partial charge in [0, 0.05) is 12.5 Å². The van der Waals surface area contributed by atoms with Gasteiger partial charge in [0.15, 0.2) is 23.0 Å². The van der Waals surface area contributed by atoms with E-state index in [1.54, 1.807) is 30.3 Å². The first kappa shape index (κ1) is 29.2. The summed E-state index contributed by atoms with van der Waals surface area (Å²) in [5.74, 6) is 0.618. The fourth-order valence-corrected chi connectivity index (χ4v) is 5.13. The van der Waals surface area contributed by atoms with Crippen LogP contribution in [-0.2, 0) is 15.9 Å². The summed E-state index contributed by atoms with van der Waals surface area (Å²) in [5.41, 5.74) is 1.59. The highest BCUT2D eigenvalue weighted by Gasteiger charge is 2.45. The maximum absolute atomic E-state index is 10.4. The minimum Gasteiger partial charge on any atom is -0.504 e. The molecule has 8 atom stereocenters. The molecule has 2 saturated heterocycles. The highest BCUT2D eigenvalue weighted by atomic mass is 16.7. The molecule has 0 bridgehead atoms. The molecule has 2 fully saturated rings. The first-order chi connectivity index (χ1) is 18.8. The highest BCUT2D eigenvalue weighted by molar-refractivity contribution is 5.54. The van der Waals surface area contributed by atoms with Gasteiger partial charge in [-0.1, -0.05) is 6.07 Å². The molecule has 39 heavy (non-hydrogen) atoms. The molecule has 0 spiro atoms. The predicted molar refractivity (Wildman–Crippen MR) is 135 cm³/mol. The number of aromatic hydroxyl groups is 1. The topological polar surface area (TPSA) is 177 Å². The molecule has 0 saturated carbocycles. The minimum absolute atomic E-state index is 0.0312. The lowest BCUT2D eigenvalue weighted by Gasteiger charge is -2.39. The van der Waals surface area contributed by atoms with Gasteiger partial charge in [0.05, 0.1) is 40.6 Å². The van der Waals surface area contributed by atoms with Gasteiger partial charge in [-0.2, -0.15) is 0 Å². The van der Waals surface area contributed by atoms with Gasteiger partial charge in [-0.15, -0.1) is 0 Å². The van der Waals surface area contributed by atoms with E-state index in [9.17, 15) is 30.6 Å². The number of hydrogen-bond donors (Lipinski definition) is 6. The number of rotatable bonds is 10. The zero-order chi connectivity index (χ0) is 28.3. The first-order valence-electron chi connectivity index (χ1n) is 12.6. The summed E-state index contributed by atoms with van der Waals surface area (Å²) in [6.45, 7) is -0.358. The third-order valence-electron chi connectivity index (χ3n) is 7.33. The number of phenolic OH excluding ortho intramolecular Hbond substituents is 1. The summed E-state index contributed by atoms with van der Waals surface area (Å²) in [6.07, 6.45) is -7.25. The van der Waals surface area contributed by atoms with Gasteiger partial charge in [0.25, 0.3) is 0 Å². The van der Waals surface area contributed by atoms with E-state index in [4.69, 9.17) is 28.4 Å². The highest BCUT2D eigenvalue weighted by Crippen LogP contribution is 2.47. The van der Waals surface area contributed by atoms with Crippen LogP contribution >= 0.6 is 0 Å². The second-order valence-corrected chi connectivity index (χ2v) is 9.64. The fourth-order valence-electron chi connectivity index (χ4n) is 5.13. The molecule has 2 aromatic rings. The normalized spacial score (nSPS) is 30.7. The van der Waals surface area contributed by atoms with E-state index in [1.165, 1.54) is 21.3 Å². The lowest BCUT2D eigenvalue weighted by atomic mass is 9.84. The summed E-state index contributed by atoms with van der Waals surface area (Å²) in [5, 5.41) is 60.2. The van der Waals surface area contributed by atoms with Crippen LogP contribution in [0, 0.1) is 11.8 Å². The standard InChI is InChI=1S/C27H36O12/c1-34-18-7-13(4-5-17(18)30)6-15-12-37-25(16(15)10-28)14-8-19(35-2)26(20(9-14)36-3)39-27-24(33)23(32)22(31)21(11-29)38-27/h4-5,7-9,15-16,21-25,27-33H,6,10-12H2,1-3H3/t15-,16-,21+,22+,23-,24+,25+,27-/m1/s1. The van der Waals surface area contributed by atoms with Gasteiger partial charge in [-0.05, 0) is 47.7 Å². The lowest BCUT2D eigenvalue weighted by molar-refractivity contribution is -0.277. The Bertz CT molecular complexity index is 1080. The molecule has 216 valence electrons. The fraction of sp³-hybridized carbons (Fsp3) is 0.556. The molecule has 2 aliphatic heterocycles. The van der Waals surface area contributed by atoms with Gasteiger partial charge in [-0.3, -0.25) is 0 Å². The molecule has 0 radical (unpaired) electrons. The van der Waals surface area contributed by atoms with Crippen LogP contribution in [0.4, 0.5) is 0 Å². The number of aliphatic hydroxyl groups excluding tert-OH is 5. The lowest BCUT2D eigenvalue weighted by Crippen LogP contribution is -2.60. The van der Waals surface area contributed by atoms with Gasteiger partial charge < -0.3 is 59.1 Å². The molecule has 2 aromatic carbocycles. The number of ether oxygens (including phenoxy) is 6. The zero-order valence-corrected chi connectivity index (χ0v) is 22.0. The van der Waals surface area contributed by atoms with E-state index in [1.807, 2.05) is 0 Å². The van der Waals surface area contributed by atoms with Crippen LogP contribution in [-0.4, -0.2) is 102 Å². The molecule has 6 N–H and O–H groups in total. The Morgan fingerprint density at radius 1 is 0.846 bits per heavy atom. The third-order valence-corrected chi connectivity index (χ3v) is 7.33. The van der Waals surface area contributed by atoms with Gasteiger partial charge in [0.2, 0.25) is 12.0 Å². The van der Waals surface area contributed by atoms with E-state index in [-0.39, 0.29) is 41.4 Å². The molecule has 4 rings (SSSR count). The van der Waals surface area contributed by atoms with Gasteiger partial charge in [0.1, 0.15) is 24.4 Å². The second kappa shape index (κ2) is 12.6. The van der Waals surface area contributed by atoms with Crippen molar-refractivity contribution in [3.8, 4) is 28.7 Å². The van der Waals surface area contributed by atoms with Crippen molar-refractivity contribution in [2.45, 2.75) is 43.2 Å². The van der Waals surface area contributed by atoms with Crippen molar-refractivity contribution in [3.63, 3.8) is 0 Å². The predicted octanol–water partition coefficient (Wildman–Crippen LogP) is 0.135. The molecular weight excluding hydrogens is 516 g/mol. The summed E-state index contributed by atoms with van der Waals surface area (Å²) >= 11 is 0. The van der Waals surface area contributed by atoms with Gasteiger partial charge >= 0.3 is 0 Å². The minimum atomic E-state index is -1.62. The molecule has 12 heteroatoms. The van der Waals surface area contributed by atoms with Crippen molar-refractivity contribution >= 4 is 0 Å². The molecule has 2 heterocycles. The van der Waals surface area contributed by atoms with Crippen molar-refractivity contribution in [1.29, 1.82) is 0 Å². The van der Waals surface area contributed by atoms with E-state index >= 15 is 0 Å². The second-order valence-electron chi connectivity index (χ2n) is 9.64. The van der Waals surface area contributed by atoms with Crippen molar-refractivity contribution in [3.05, 3.63) is 41.5 Å². The first-order valence-corrected chi connectivity index (χ1v) is 12.6. The number of aliphatic hydroxyl groups is 5. The van der Waals surface area contributed by atoms with Gasteiger partial charge in [-0.25, -0.2) is 0 Å². The average Bonchev–Trinajstić information content (AvgIpc) is 3.36. The smallest absolute Gasteiger partial charge is 0.229 e. The van der Waals surface area contributed by atoms with Crippen LogP contribution in [0.3, 0.4) is 0 Å². The van der Waals surface area contributed by atoms with Crippen molar-refractivity contribution in [2.24, 2.45) is 11.8 Å². The average molecular weight is 553 g/mol. The Labute approximate surface area is 225 Å². The quantitative estimate of drug-likeness (QED) is 0.235. The summed E-state index contributed by atoms with van der Waals surface area (Å²) < 4.78 is 33.7. The van der Waals surface area contributed by atoms with E-state index in [2.05, 4.69) is 0 Å². The zero-order valence-electron chi connectivity index (χ0n) is 22.0. The summed E-state index contributed by atoms with van der Waals surface area (Å²) in [6, 6.07) is 8.47. The molecule has 2 aliphatic rings. The van der Waals surface area contributed by atoms with E-state index < -0.39 is 43.4 Å². The van der Waals surface area contributed by atoms with E-state index in [0.29, 0.717) is 24.3 Å². The van der Waals surface area contributed by atoms with Crippen LogP contribution in [0.15, 0.2) is 30.3 Å². The van der Waals surface area contributed by atoms with Crippen molar-refractivity contribution in [2.75, 3.05) is 41.2 Å². The number of hydrogen-bond acceptors (Lipinski definition) is 12. The van der Waals surface area contributed by atoms with E-state index in [0.717, 1.165) is 5.56 Å². The van der Waals surface area contributed by atoms with Crippen LogP contribution in [0.2, 0.25) is 0 Å². The molecular formula is C27H36O12. The van der Waals surface area contributed by atoms with Crippen LogP contribution < -0.4 is 18.9 Å². The Morgan fingerprint density at radius 2 is 1.51 bits per heavy atom. The maximum atomic E-state index is 10.4. The molecule has 0 aliphatic carbocycles. The Balaban J connectivity index is 1.57. The van der Waals surface area contributed by atoms with Crippen molar-refractivity contribution < 1.29 is 59.1 Å². The SMILES string of the molecule is COc1cc(C[C@@H]2CO[C@@H](c3cc(OC)c(O[C@H]4O[C@@H](CO)[C@H](O)[C@@H](O)[C@@H]4O)c(OC)c3)[C@@H]2CO)ccc1O. The monoisotopic (exact) mass is 552 g/mol. The molecule has 0 unspecified atom stereocenters. The largest absolute Gasteiger partial charge is 0.504 e. The third kappa shape index (κ3) is 5.87. The summed E-state index contributed by atoms with van der Waals surface area (Å²) in [7, 11) is 4.31. The Morgan fingerprint density at radius 3 is 2.10 bits per heavy atom. The maximum Gasteiger partial charge on any atom is 0.229 e. The van der Waals surface area contributed by atoms with Crippen molar-refractivity contribution in [1.82, 2.24) is 0 Å². The van der Waals surface area contributed by atoms with Crippen LogP contribution in [0.1, 0.15) is 17.2 Å². The number of benzene rings is 2. The molecule has 0 aromatic heterocycles. The Hall–Kier alpha value is -2.84. The number of methoxy groups -OCH3 is 3. The molecule has 0 amide bonds. The Kier molecular flexibility index (Phi) is 9.39. The summed E-state index contributed by atoms with van der Waals surface area (Å²) in [4.78, 5) is 0. The molecule has 12 nitrogen and oxygen atoms in total. The van der Waals surface area contributed by atoms with Crippen LogP contribution in [0.5, 0.6) is 28.7 Å². The van der Waals surface area contributed by atoms with Crippen LogP contribution in [0.25, 0.3) is 0 Å².